The number of thiol groups is 1. The number of thiocarbonyl (C=S) groups is 1. The number of hydrogen-bond donors (Lipinski definition) is 1. The summed E-state index contributed by atoms with van der Waals surface area (Å²) in [6.45, 7) is 4.29. The predicted molar refractivity (Wildman–Crippen MR) is 48.9 cm³/mol. The first-order valence-corrected chi connectivity index (χ1v) is 4.30. The van der Waals surface area contributed by atoms with E-state index in [1.165, 1.54) is 0 Å². The molecule has 0 N–H and O–H groups in total. The highest BCUT2D eigenvalue weighted by molar-refractivity contribution is 8.41. The topological polar surface area (TPSA) is 0 Å². The molecule has 0 saturated carbocycles. The van der Waals surface area contributed by atoms with Crippen LogP contribution in [0.1, 0.15) is 20.3 Å². The Morgan fingerprint density at radius 3 is 2.50 bits per heavy atom. The summed E-state index contributed by atoms with van der Waals surface area (Å²) in [6.07, 6.45) is 1.16. The van der Waals surface area contributed by atoms with E-state index in [4.69, 9.17) is 12.2 Å². The molecule has 1 unspecified atom stereocenters. The van der Waals surface area contributed by atoms with E-state index in [1.54, 1.807) is 11.8 Å². The molecule has 0 aromatic heterocycles. The van der Waals surface area contributed by atoms with Crippen molar-refractivity contribution in [1.29, 1.82) is 0 Å². The van der Waals surface area contributed by atoms with E-state index in [2.05, 4.69) is 26.5 Å². The second-order valence-corrected chi connectivity index (χ2v) is 4.77. The summed E-state index contributed by atoms with van der Waals surface area (Å²) < 4.78 is 0.749. The van der Waals surface area contributed by atoms with Crippen LogP contribution < -0.4 is 0 Å². The van der Waals surface area contributed by atoms with E-state index in [1.807, 2.05) is 0 Å². The molecule has 0 bridgehead atoms. The summed E-state index contributed by atoms with van der Waals surface area (Å²) in [4.78, 5) is 0. The normalized spacial score (nSPS) is 13.4. The van der Waals surface area contributed by atoms with Gasteiger partial charge in [0.2, 0.25) is 0 Å². The van der Waals surface area contributed by atoms with Gasteiger partial charge in [-0.05, 0) is 6.42 Å². The van der Waals surface area contributed by atoms with Crippen LogP contribution in [0.5, 0.6) is 0 Å². The second kappa shape index (κ2) is 4.65. The molecule has 3 heteroatoms. The Morgan fingerprint density at radius 1 is 1.88 bits per heavy atom. The van der Waals surface area contributed by atoms with Crippen molar-refractivity contribution in [3.63, 3.8) is 0 Å². The smallest absolute Gasteiger partial charge is 0.101 e. The van der Waals surface area contributed by atoms with Crippen LogP contribution in [0.2, 0.25) is 0 Å². The van der Waals surface area contributed by atoms with E-state index in [9.17, 15) is 0 Å². The standard InChI is InChI=1S/C5H10S3/c1-3-4(2)8-5(6)7/h4H,3H2,1-2H3,(H,6,7). The fourth-order valence-electron chi connectivity index (χ4n) is 0.255. The molecule has 0 heterocycles. The summed E-state index contributed by atoms with van der Waals surface area (Å²) >= 11 is 10.4. The Hall–Kier alpha value is 0.790. The minimum atomic E-state index is 0.625. The van der Waals surface area contributed by atoms with Crippen LogP contribution in [0.25, 0.3) is 0 Å². The van der Waals surface area contributed by atoms with Crippen molar-refractivity contribution in [2.24, 2.45) is 0 Å². The lowest BCUT2D eigenvalue weighted by Gasteiger charge is -2.03. The van der Waals surface area contributed by atoms with Crippen molar-refractivity contribution in [2.75, 3.05) is 0 Å². The molecule has 0 rings (SSSR count). The van der Waals surface area contributed by atoms with Gasteiger partial charge in [0.25, 0.3) is 0 Å². The van der Waals surface area contributed by atoms with Crippen LogP contribution in [0.3, 0.4) is 0 Å². The van der Waals surface area contributed by atoms with E-state index in [0.29, 0.717) is 5.25 Å². The van der Waals surface area contributed by atoms with Crippen molar-refractivity contribution >= 4 is 40.1 Å². The zero-order valence-corrected chi connectivity index (χ0v) is 7.58. The van der Waals surface area contributed by atoms with E-state index >= 15 is 0 Å². The van der Waals surface area contributed by atoms with E-state index in [-0.39, 0.29) is 0 Å². The predicted octanol–water partition coefficient (Wildman–Crippen LogP) is 2.73. The molecule has 0 saturated heterocycles. The lowest BCUT2D eigenvalue weighted by Crippen LogP contribution is -1.93. The fourth-order valence-corrected chi connectivity index (χ4v) is 1.80. The van der Waals surface area contributed by atoms with E-state index < -0.39 is 0 Å². The van der Waals surface area contributed by atoms with Gasteiger partial charge in [0, 0.05) is 5.25 Å². The maximum atomic E-state index is 4.77. The van der Waals surface area contributed by atoms with Crippen LogP contribution in [-0.2, 0) is 0 Å². The number of hydrogen-bond acceptors (Lipinski definition) is 2. The molecule has 0 amide bonds. The van der Waals surface area contributed by atoms with Gasteiger partial charge in [0.1, 0.15) is 3.53 Å². The SMILES string of the molecule is CCC(C)SC(=S)S. The van der Waals surface area contributed by atoms with Gasteiger partial charge in [0.15, 0.2) is 0 Å². The van der Waals surface area contributed by atoms with Gasteiger partial charge in [-0.1, -0.05) is 26.1 Å². The first-order valence-electron chi connectivity index (χ1n) is 2.56. The highest BCUT2D eigenvalue weighted by Gasteiger charge is 1.98. The van der Waals surface area contributed by atoms with Crippen molar-refractivity contribution in [1.82, 2.24) is 0 Å². The molecule has 0 fully saturated rings. The highest BCUT2D eigenvalue weighted by Crippen LogP contribution is 2.17. The third-order valence-corrected chi connectivity index (χ3v) is 2.42. The molecule has 48 valence electrons. The van der Waals surface area contributed by atoms with Crippen LogP contribution >= 0.6 is 36.6 Å². The van der Waals surface area contributed by atoms with Gasteiger partial charge in [-0.3, -0.25) is 0 Å². The maximum absolute atomic E-state index is 4.77. The van der Waals surface area contributed by atoms with Gasteiger partial charge in [0.05, 0.1) is 0 Å². The minimum Gasteiger partial charge on any atom is -0.125 e. The zero-order chi connectivity index (χ0) is 6.57. The Kier molecular flexibility index (Phi) is 5.11. The third-order valence-electron chi connectivity index (χ3n) is 0.877. The van der Waals surface area contributed by atoms with Crippen LogP contribution in [0.4, 0.5) is 0 Å². The monoisotopic (exact) mass is 166 g/mol. The van der Waals surface area contributed by atoms with Gasteiger partial charge in [-0.15, -0.1) is 24.4 Å². The molecule has 0 aliphatic heterocycles. The summed E-state index contributed by atoms with van der Waals surface area (Å²) in [5, 5.41) is 0.625. The minimum absolute atomic E-state index is 0.625. The molecule has 8 heavy (non-hydrogen) atoms. The molecule has 1 atom stereocenters. The van der Waals surface area contributed by atoms with Crippen molar-refractivity contribution < 1.29 is 0 Å². The largest absolute Gasteiger partial charge is 0.125 e. The summed E-state index contributed by atoms with van der Waals surface area (Å²) in [7, 11) is 0. The number of thioether (sulfide) groups is 1. The summed E-state index contributed by atoms with van der Waals surface area (Å²) in [5.74, 6) is 0. The first-order chi connectivity index (χ1) is 3.66. The Labute approximate surface area is 65.8 Å². The molecule has 0 aliphatic carbocycles. The molecule has 0 nitrogen and oxygen atoms in total. The van der Waals surface area contributed by atoms with Crippen LogP contribution in [0, 0.1) is 0 Å². The van der Waals surface area contributed by atoms with Crippen molar-refractivity contribution in [2.45, 2.75) is 25.5 Å². The lowest BCUT2D eigenvalue weighted by molar-refractivity contribution is 0.911. The summed E-state index contributed by atoms with van der Waals surface area (Å²) in [5.41, 5.74) is 0. The zero-order valence-electron chi connectivity index (χ0n) is 5.05. The molecule has 0 aliphatic rings. The molecule has 0 radical (unpaired) electrons. The van der Waals surface area contributed by atoms with Gasteiger partial charge >= 0.3 is 0 Å². The quantitative estimate of drug-likeness (QED) is 0.495. The first kappa shape index (κ1) is 8.79. The van der Waals surface area contributed by atoms with Crippen LogP contribution in [0.15, 0.2) is 0 Å². The maximum Gasteiger partial charge on any atom is 0.101 e. The molecule has 0 aromatic carbocycles. The van der Waals surface area contributed by atoms with Crippen molar-refractivity contribution in [3.8, 4) is 0 Å². The fraction of sp³-hybridized carbons (Fsp3) is 0.800. The Morgan fingerprint density at radius 2 is 2.38 bits per heavy atom. The average molecular weight is 166 g/mol. The lowest BCUT2D eigenvalue weighted by atomic mass is 10.4. The van der Waals surface area contributed by atoms with Gasteiger partial charge in [-0.2, -0.15) is 0 Å². The highest BCUT2D eigenvalue weighted by atomic mass is 32.2. The molecule has 0 aromatic rings. The Balaban J connectivity index is 3.24. The van der Waals surface area contributed by atoms with Gasteiger partial charge in [-0.25, -0.2) is 0 Å². The summed E-state index contributed by atoms with van der Waals surface area (Å²) in [6, 6.07) is 0. The van der Waals surface area contributed by atoms with Crippen LogP contribution in [-0.4, -0.2) is 8.78 Å². The molecule has 0 spiro atoms. The molecular formula is C5H10S3. The van der Waals surface area contributed by atoms with Gasteiger partial charge < -0.3 is 0 Å². The second-order valence-electron chi connectivity index (χ2n) is 1.60. The Bertz CT molecular complexity index is 79.7. The molecular weight excluding hydrogens is 156 g/mol. The average Bonchev–Trinajstić information content (AvgIpc) is 1.65. The van der Waals surface area contributed by atoms with E-state index in [0.717, 1.165) is 9.95 Å². The number of rotatable bonds is 2. The van der Waals surface area contributed by atoms with Crippen molar-refractivity contribution in [3.05, 3.63) is 0 Å². The third kappa shape index (κ3) is 4.94.